The van der Waals surface area contributed by atoms with Crippen molar-refractivity contribution in [2.45, 2.75) is 32.6 Å². The molecule has 1 N–H and O–H groups in total. The van der Waals surface area contributed by atoms with Gasteiger partial charge in [0, 0.05) is 34.5 Å². The van der Waals surface area contributed by atoms with Gasteiger partial charge in [0.25, 0.3) is 0 Å². The first-order chi connectivity index (χ1) is 14.0. The SMILES string of the molecule is CC(C)(C)c1nc(Nc2nnc(Cc3ccccn3)c3ccccc23)sc1C#N. The smallest absolute Gasteiger partial charge is 0.189 e. The molecule has 0 aliphatic heterocycles. The zero-order chi connectivity index (χ0) is 20.4. The monoisotopic (exact) mass is 400 g/mol. The average molecular weight is 401 g/mol. The third kappa shape index (κ3) is 3.93. The Bertz CT molecular complexity index is 1200. The molecule has 3 heterocycles. The Balaban J connectivity index is 1.72. The first-order valence-electron chi connectivity index (χ1n) is 9.28. The quantitative estimate of drug-likeness (QED) is 0.519. The number of fused-ring (bicyclic) bond motifs is 1. The molecule has 0 atom stereocenters. The van der Waals surface area contributed by atoms with Crippen LogP contribution in [-0.2, 0) is 11.8 Å². The van der Waals surface area contributed by atoms with Gasteiger partial charge in [-0.25, -0.2) is 4.98 Å². The summed E-state index contributed by atoms with van der Waals surface area (Å²) in [6.07, 6.45) is 2.39. The molecule has 144 valence electrons. The molecule has 0 aliphatic carbocycles. The molecular weight excluding hydrogens is 380 g/mol. The van der Waals surface area contributed by atoms with Gasteiger partial charge in [-0.15, -0.1) is 5.10 Å². The van der Waals surface area contributed by atoms with Crippen LogP contribution in [0.1, 0.15) is 42.7 Å². The molecule has 0 bridgehead atoms. The van der Waals surface area contributed by atoms with E-state index in [0.29, 0.717) is 22.2 Å². The van der Waals surface area contributed by atoms with E-state index in [1.807, 2.05) is 63.2 Å². The van der Waals surface area contributed by atoms with E-state index in [9.17, 15) is 5.26 Å². The zero-order valence-electron chi connectivity index (χ0n) is 16.5. The summed E-state index contributed by atoms with van der Waals surface area (Å²) in [7, 11) is 0. The Hall–Kier alpha value is -3.37. The minimum Gasteiger partial charge on any atom is -0.314 e. The Morgan fingerprint density at radius 1 is 1.03 bits per heavy atom. The molecular formula is C22H20N6S. The van der Waals surface area contributed by atoms with Crippen LogP contribution in [0.5, 0.6) is 0 Å². The lowest BCUT2D eigenvalue weighted by Gasteiger charge is -2.15. The molecule has 3 aromatic heterocycles. The van der Waals surface area contributed by atoms with Crippen LogP contribution in [0, 0.1) is 11.3 Å². The number of nitriles is 1. The highest BCUT2D eigenvalue weighted by molar-refractivity contribution is 7.16. The van der Waals surface area contributed by atoms with Crippen molar-refractivity contribution in [3.8, 4) is 6.07 Å². The number of benzene rings is 1. The van der Waals surface area contributed by atoms with Gasteiger partial charge in [-0.05, 0) is 12.1 Å². The molecule has 7 heteroatoms. The van der Waals surface area contributed by atoms with Gasteiger partial charge in [-0.1, -0.05) is 62.4 Å². The molecule has 4 rings (SSSR count). The van der Waals surface area contributed by atoms with Crippen molar-refractivity contribution < 1.29 is 0 Å². The van der Waals surface area contributed by atoms with E-state index >= 15 is 0 Å². The molecule has 0 spiro atoms. The summed E-state index contributed by atoms with van der Waals surface area (Å²) in [5, 5.41) is 24.2. The van der Waals surface area contributed by atoms with Crippen molar-refractivity contribution in [1.82, 2.24) is 20.2 Å². The van der Waals surface area contributed by atoms with E-state index in [-0.39, 0.29) is 5.41 Å². The second kappa shape index (κ2) is 7.57. The van der Waals surface area contributed by atoms with Crippen LogP contribution in [0.3, 0.4) is 0 Å². The predicted octanol–water partition coefficient (Wildman–Crippen LogP) is 4.98. The summed E-state index contributed by atoms with van der Waals surface area (Å²) in [4.78, 5) is 9.66. The van der Waals surface area contributed by atoms with Gasteiger partial charge in [-0.3, -0.25) is 4.98 Å². The minimum absolute atomic E-state index is 0.207. The van der Waals surface area contributed by atoms with Crippen LogP contribution in [0.4, 0.5) is 10.9 Å². The number of rotatable bonds is 4. The summed E-state index contributed by atoms with van der Waals surface area (Å²) in [6, 6.07) is 16.1. The van der Waals surface area contributed by atoms with Crippen LogP contribution >= 0.6 is 11.3 Å². The summed E-state index contributed by atoms with van der Waals surface area (Å²) in [6.45, 7) is 6.15. The Morgan fingerprint density at radius 3 is 2.45 bits per heavy atom. The van der Waals surface area contributed by atoms with Crippen molar-refractivity contribution in [1.29, 1.82) is 5.26 Å². The molecule has 1 aromatic carbocycles. The molecule has 0 saturated heterocycles. The summed E-state index contributed by atoms with van der Waals surface area (Å²) in [5.74, 6) is 0.629. The van der Waals surface area contributed by atoms with E-state index in [1.54, 1.807) is 6.20 Å². The summed E-state index contributed by atoms with van der Waals surface area (Å²) in [5.41, 5.74) is 2.40. The van der Waals surface area contributed by atoms with Gasteiger partial charge in [0.05, 0.1) is 11.4 Å². The first kappa shape index (κ1) is 19.0. The first-order valence-corrected chi connectivity index (χ1v) is 10.1. The van der Waals surface area contributed by atoms with Crippen molar-refractivity contribution in [3.05, 3.63) is 70.6 Å². The number of pyridine rings is 1. The number of hydrogen-bond donors (Lipinski definition) is 1. The topological polar surface area (TPSA) is 87.4 Å². The number of hydrogen-bond acceptors (Lipinski definition) is 7. The summed E-state index contributed by atoms with van der Waals surface area (Å²) >= 11 is 1.34. The maximum absolute atomic E-state index is 9.47. The third-order valence-corrected chi connectivity index (χ3v) is 5.38. The molecule has 0 unspecified atom stereocenters. The third-order valence-electron chi connectivity index (χ3n) is 4.50. The van der Waals surface area contributed by atoms with Crippen LogP contribution in [-0.4, -0.2) is 20.2 Å². The normalized spacial score (nSPS) is 11.4. The highest BCUT2D eigenvalue weighted by Crippen LogP contribution is 2.34. The molecule has 6 nitrogen and oxygen atoms in total. The maximum Gasteiger partial charge on any atom is 0.189 e. The molecule has 4 aromatic rings. The van der Waals surface area contributed by atoms with Gasteiger partial charge in [0.15, 0.2) is 10.9 Å². The van der Waals surface area contributed by atoms with Gasteiger partial charge >= 0.3 is 0 Å². The number of nitrogens with one attached hydrogen (secondary N) is 1. The van der Waals surface area contributed by atoms with Crippen LogP contribution < -0.4 is 5.32 Å². The van der Waals surface area contributed by atoms with Crippen LogP contribution in [0.2, 0.25) is 0 Å². The zero-order valence-corrected chi connectivity index (χ0v) is 17.3. The highest BCUT2D eigenvalue weighted by Gasteiger charge is 2.24. The Labute approximate surface area is 173 Å². The van der Waals surface area contributed by atoms with Crippen LogP contribution in [0.15, 0.2) is 48.7 Å². The molecule has 0 radical (unpaired) electrons. The van der Waals surface area contributed by atoms with E-state index in [2.05, 4.69) is 31.6 Å². The van der Waals surface area contributed by atoms with Crippen molar-refractivity contribution in [3.63, 3.8) is 0 Å². The number of nitrogens with zero attached hydrogens (tertiary/aromatic N) is 5. The molecule has 29 heavy (non-hydrogen) atoms. The van der Waals surface area contributed by atoms with Gasteiger partial charge < -0.3 is 5.32 Å². The van der Waals surface area contributed by atoms with Crippen LogP contribution in [0.25, 0.3) is 10.8 Å². The lowest BCUT2D eigenvalue weighted by atomic mass is 9.91. The highest BCUT2D eigenvalue weighted by atomic mass is 32.1. The van der Waals surface area contributed by atoms with Crippen molar-refractivity contribution in [2.75, 3.05) is 5.32 Å². The fourth-order valence-electron chi connectivity index (χ4n) is 3.12. The number of thiazole rings is 1. The molecule has 0 fully saturated rings. The fourth-order valence-corrected chi connectivity index (χ4v) is 4.09. The Kier molecular flexibility index (Phi) is 4.95. The second-order valence-corrected chi connectivity index (χ2v) is 8.72. The second-order valence-electron chi connectivity index (χ2n) is 7.72. The van der Waals surface area contributed by atoms with E-state index in [4.69, 9.17) is 0 Å². The van der Waals surface area contributed by atoms with Gasteiger partial charge in [0.1, 0.15) is 10.9 Å². The lowest BCUT2D eigenvalue weighted by Crippen LogP contribution is -2.13. The molecule has 0 amide bonds. The lowest BCUT2D eigenvalue weighted by molar-refractivity contribution is 0.572. The minimum atomic E-state index is -0.207. The predicted molar refractivity (Wildman–Crippen MR) is 115 cm³/mol. The summed E-state index contributed by atoms with van der Waals surface area (Å²) < 4.78 is 0. The maximum atomic E-state index is 9.47. The van der Waals surface area contributed by atoms with E-state index in [1.165, 1.54) is 11.3 Å². The number of anilines is 2. The van der Waals surface area contributed by atoms with Gasteiger partial charge in [-0.2, -0.15) is 10.4 Å². The standard InChI is InChI=1S/C22H20N6S/c1-22(2,3)19-18(13-23)29-21(25-19)26-20-16-10-5-4-9-15(16)17(27-28-20)12-14-8-6-7-11-24-14/h4-11H,12H2,1-3H3,(H,25,26,28). The Morgan fingerprint density at radius 2 is 1.79 bits per heavy atom. The van der Waals surface area contributed by atoms with Crippen molar-refractivity contribution >= 4 is 33.1 Å². The number of aromatic nitrogens is 4. The molecule has 0 saturated carbocycles. The van der Waals surface area contributed by atoms with E-state index < -0.39 is 0 Å². The average Bonchev–Trinajstić information content (AvgIpc) is 3.14. The molecule has 0 aliphatic rings. The van der Waals surface area contributed by atoms with E-state index in [0.717, 1.165) is 27.9 Å². The largest absolute Gasteiger partial charge is 0.314 e. The van der Waals surface area contributed by atoms with Gasteiger partial charge in [0.2, 0.25) is 0 Å². The van der Waals surface area contributed by atoms with Crippen molar-refractivity contribution in [2.24, 2.45) is 0 Å². The fraction of sp³-hybridized carbons (Fsp3) is 0.227.